The second kappa shape index (κ2) is 4.37. The van der Waals surface area contributed by atoms with Gasteiger partial charge in [-0.15, -0.1) is 0 Å². The third-order valence-corrected chi connectivity index (χ3v) is 3.44. The minimum atomic E-state index is 0.494. The zero-order valence-corrected chi connectivity index (χ0v) is 9.57. The normalized spacial score (nSPS) is 18.4. The molecule has 1 aliphatic carbocycles. The Hall–Kier alpha value is -0.800. The fourth-order valence-electron chi connectivity index (χ4n) is 2.04. The number of hydrogen-bond acceptors (Lipinski definition) is 3. The molecule has 2 rings (SSSR count). The molecule has 1 saturated carbocycles. The van der Waals surface area contributed by atoms with Gasteiger partial charge in [-0.1, -0.05) is 0 Å². The average molecular weight is 208 g/mol. The van der Waals surface area contributed by atoms with Crippen molar-refractivity contribution < 1.29 is 4.42 Å². The van der Waals surface area contributed by atoms with Crippen molar-refractivity contribution in [2.24, 2.45) is 11.7 Å². The molecule has 1 aromatic rings. The first-order valence-electron chi connectivity index (χ1n) is 5.68. The van der Waals surface area contributed by atoms with Gasteiger partial charge >= 0.3 is 0 Å². The van der Waals surface area contributed by atoms with Crippen LogP contribution in [0, 0.1) is 5.92 Å². The molecule has 84 valence electrons. The van der Waals surface area contributed by atoms with Crippen molar-refractivity contribution in [3.05, 3.63) is 23.7 Å². The summed E-state index contributed by atoms with van der Waals surface area (Å²) in [6, 6.07) is 2.70. The third-order valence-electron chi connectivity index (χ3n) is 3.44. The lowest BCUT2D eigenvalue weighted by Crippen LogP contribution is -2.30. The molecule has 15 heavy (non-hydrogen) atoms. The average Bonchev–Trinajstić information content (AvgIpc) is 2.99. The molecule has 0 radical (unpaired) electrons. The zero-order valence-electron chi connectivity index (χ0n) is 9.57. The first-order chi connectivity index (χ1) is 7.22. The molecule has 1 aromatic heterocycles. The van der Waals surface area contributed by atoms with Crippen molar-refractivity contribution in [1.29, 1.82) is 0 Å². The van der Waals surface area contributed by atoms with Crippen LogP contribution in [0.4, 0.5) is 0 Å². The number of rotatable bonds is 5. The van der Waals surface area contributed by atoms with Gasteiger partial charge in [-0.25, -0.2) is 0 Å². The Morgan fingerprint density at radius 3 is 2.93 bits per heavy atom. The molecule has 3 heteroatoms. The summed E-state index contributed by atoms with van der Waals surface area (Å²) in [6.45, 7) is 3.74. The van der Waals surface area contributed by atoms with Gasteiger partial charge in [0.1, 0.15) is 5.76 Å². The third kappa shape index (κ3) is 2.41. The van der Waals surface area contributed by atoms with E-state index in [0.29, 0.717) is 12.6 Å². The molecule has 0 aliphatic heterocycles. The van der Waals surface area contributed by atoms with Crippen molar-refractivity contribution in [2.45, 2.75) is 38.9 Å². The van der Waals surface area contributed by atoms with Crippen LogP contribution in [0.25, 0.3) is 0 Å². The van der Waals surface area contributed by atoms with E-state index in [1.54, 1.807) is 6.26 Å². The summed E-state index contributed by atoms with van der Waals surface area (Å²) in [4.78, 5) is 2.39. The number of nitrogens with two attached hydrogens (primary N) is 1. The van der Waals surface area contributed by atoms with Gasteiger partial charge in [0.2, 0.25) is 0 Å². The Kier molecular flexibility index (Phi) is 3.12. The van der Waals surface area contributed by atoms with E-state index >= 15 is 0 Å². The van der Waals surface area contributed by atoms with Gasteiger partial charge in [0, 0.05) is 18.2 Å². The van der Waals surface area contributed by atoms with Crippen molar-refractivity contribution in [3.8, 4) is 0 Å². The van der Waals surface area contributed by atoms with Crippen LogP contribution in [0.1, 0.15) is 31.1 Å². The largest absolute Gasteiger partial charge is 0.468 e. The van der Waals surface area contributed by atoms with Crippen LogP contribution in [-0.2, 0) is 13.1 Å². The first-order valence-corrected chi connectivity index (χ1v) is 5.68. The van der Waals surface area contributed by atoms with Crippen molar-refractivity contribution in [1.82, 2.24) is 4.90 Å². The molecule has 1 aliphatic rings. The minimum Gasteiger partial charge on any atom is -0.468 e. The Morgan fingerprint density at radius 2 is 2.33 bits per heavy atom. The predicted octanol–water partition coefficient (Wildman–Crippen LogP) is 1.97. The summed E-state index contributed by atoms with van der Waals surface area (Å²) in [6.07, 6.45) is 4.51. The first kappa shape index (κ1) is 10.7. The highest BCUT2D eigenvalue weighted by Crippen LogP contribution is 2.35. The second-order valence-corrected chi connectivity index (χ2v) is 4.57. The fourth-order valence-corrected chi connectivity index (χ4v) is 2.04. The highest BCUT2D eigenvalue weighted by atomic mass is 16.3. The van der Waals surface area contributed by atoms with E-state index < -0.39 is 0 Å². The Labute approximate surface area is 91.2 Å². The van der Waals surface area contributed by atoms with Gasteiger partial charge < -0.3 is 10.2 Å². The van der Waals surface area contributed by atoms with E-state index in [1.165, 1.54) is 18.4 Å². The van der Waals surface area contributed by atoms with E-state index in [-0.39, 0.29) is 0 Å². The number of furan rings is 1. The van der Waals surface area contributed by atoms with Gasteiger partial charge in [-0.2, -0.15) is 0 Å². The van der Waals surface area contributed by atoms with Crippen LogP contribution in [0.15, 0.2) is 16.7 Å². The van der Waals surface area contributed by atoms with Crippen LogP contribution in [0.3, 0.4) is 0 Å². The molecule has 1 atom stereocenters. The summed E-state index contributed by atoms with van der Waals surface area (Å²) in [5.74, 6) is 1.83. The maximum Gasteiger partial charge on any atom is 0.121 e. The van der Waals surface area contributed by atoms with Crippen molar-refractivity contribution >= 4 is 0 Å². The van der Waals surface area contributed by atoms with Crippen molar-refractivity contribution in [2.75, 3.05) is 7.05 Å². The molecule has 0 amide bonds. The molecule has 1 fully saturated rings. The quantitative estimate of drug-likeness (QED) is 0.804. The summed E-state index contributed by atoms with van der Waals surface area (Å²) < 4.78 is 5.32. The Morgan fingerprint density at radius 1 is 1.60 bits per heavy atom. The van der Waals surface area contributed by atoms with Crippen LogP contribution >= 0.6 is 0 Å². The number of hydrogen-bond donors (Lipinski definition) is 1. The standard InChI is InChI=1S/C12H20N2O/c1-9(10-3-4-10)14(2)8-11-5-6-15-12(11)7-13/h5-6,9-10H,3-4,7-8,13H2,1-2H3. The monoisotopic (exact) mass is 208 g/mol. The summed E-state index contributed by atoms with van der Waals surface area (Å²) in [5, 5.41) is 0. The van der Waals surface area contributed by atoms with Gasteiger partial charge in [-0.3, -0.25) is 4.90 Å². The maximum atomic E-state index is 5.61. The lowest BCUT2D eigenvalue weighted by molar-refractivity contribution is 0.225. The van der Waals surface area contributed by atoms with Crippen LogP contribution in [0.5, 0.6) is 0 Å². The molecule has 1 unspecified atom stereocenters. The van der Waals surface area contributed by atoms with Crippen LogP contribution in [-0.4, -0.2) is 18.0 Å². The topological polar surface area (TPSA) is 42.4 Å². The van der Waals surface area contributed by atoms with E-state index in [9.17, 15) is 0 Å². The second-order valence-electron chi connectivity index (χ2n) is 4.57. The van der Waals surface area contributed by atoms with Gasteiger partial charge in [0.05, 0.1) is 12.8 Å². The van der Waals surface area contributed by atoms with E-state index in [0.717, 1.165) is 18.2 Å². The maximum absolute atomic E-state index is 5.61. The minimum absolute atomic E-state index is 0.494. The van der Waals surface area contributed by atoms with Crippen LogP contribution < -0.4 is 5.73 Å². The molecule has 0 bridgehead atoms. The Bertz CT molecular complexity index is 317. The van der Waals surface area contributed by atoms with Gasteiger partial charge in [-0.05, 0) is 38.8 Å². The Balaban J connectivity index is 1.95. The van der Waals surface area contributed by atoms with Crippen molar-refractivity contribution in [3.63, 3.8) is 0 Å². The van der Waals surface area contributed by atoms with E-state index in [2.05, 4.69) is 18.9 Å². The molecule has 2 N–H and O–H groups in total. The summed E-state index contributed by atoms with van der Waals surface area (Å²) >= 11 is 0. The summed E-state index contributed by atoms with van der Waals surface area (Å²) in [5.41, 5.74) is 6.84. The molecule has 1 heterocycles. The van der Waals surface area contributed by atoms with Gasteiger partial charge in [0.25, 0.3) is 0 Å². The lowest BCUT2D eigenvalue weighted by Gasteiger charge is -2.24. The fraction of sp³-hybridized carbons (Fsp3) is 0.667. The number of nitrogens with zero attached hydrogens (tertiary/aromatic N) is 1. The summed E-state index contributed by atoms with van der Waals surface area (Å²) in [7, 11) is 2.18. The zero-order chi connectivity index (χ0) is 10.8. The lowest BCUT2D eigenvalue weighted by atomic mass is 10.1. The highest BCUT2D eigenvalue weighted by Gasteiger charge is 2.30. The molecule has 0 spiro atoms. The molecule has 0 aromatic carbocycles. The predicted molar refractivity (Wildman–Crippen MR) is 60.3 cm³/mol. The van der Waals surface area contributed by atoms with Gasteiger partial charge in [0.15, 0.2) is 0 Å². The smallest absolute Gasteiger partial charge is 0.121 e. The molecule has 3 nitrogen and oxygen atoms in total. The van der Waals surface area contributed by atoms with E-state index in [1.807, 2.05) is 6.07 Å². The molecular weight excluding hydrogens is 188 g/mol. The highest BCUT2D eigenvalue weighted by molar-refractivity contribution is 5.16. The SMILES string of the molecule is CC(C1CC1)N(C)Cc1ccoc1CN. The van der Waals surface area contributed by atoms with E-state index in [4.69, 9.17) is 10.2 Å². The molecule has 0 saturated heterocycles. The molecular formula is C12H20N2O. The van der Waals surface area contributed by atoms with Crippen LogP contribution in [0.2, 0.25) is 0 Å².